The molecule has 1 aliphatic rings. The standard InChI is InChI=1S/C7H11N3/c8-5-7(2-3-7)6-1-4-9-10-6/h1,4H,2-3,5,8H2,(H,9,10). The lowest BCUT2D eigenvalue weighted by Gasteiger charge is -2.07. The van der Waals surface area contributed by atoms with Crippen LogP contribution in [0.2, 0.25) is 0 Å². The lowest BCUT2D eigenvalue weighted by atomic mass is 10.0. The highest BCUT2D eigenvalue weighted by atomic mass is 15.1. The summed E-state index contributed by atoms with van der Waals surface area (Å²) in [6.45, 7) is 0.745. The van der Waals surface area contributed by atoms with Gasteiger partial charge >= 0.3 is 0 Å². The Hall–Kier alpha value is -0.830. The first-order valence-corrected chi connectivity index (χ1v) is 3.57. The Morgan fingerprint density at radius 2 is 2.50 bits per heavy atom. The van der Waals surface area contributed by atoms with E-state index in [9.17, 15) is 0 Å². The predicted molar refractivity (Wildman–Crippen MR) is 38.6 cm³/mol. The van der Waals surface area contributed by atoms with Crippen molar-refractivity contribution in [2.75, 3.05) is 6.54 Å². The molecule has 1 aromatic rings. The minimum Gasteiger partial charge on any atom is -0.330 e. The summed E-state index contributed by atoms with van der Waals surface area (Å²) in [5.74, 6) is 0. The number of aromatic amines is 1. The quantitative estimate of drug-likeness (QED) is 0.620. The highest BCUT2D eigenvalue weighted by Crippen LogP contribution is 2.45. The number of aromatic nitrogens is 2. The molecule has 0 spiro atoms. The molecule has 3 nitrogen and oxygen atoms in total. The fraction of sp³-hybridized carbons (Fsp3) is 0.571. The van der Waals surface area contributed by atoms with E-state index in [0.717, 1.165) is 6.54 Å². The van der Waals surface area contributed by atoms with Gasteiger partial charge in [-0.05, 0) is 18.9 Å². The molecule has 1 saturated carbocycles. The van der Waals surface area contributed by atoms with E-state index < -0.39 is 0 Å². The molecule has 10 heavy (non-hydrogen) atoms. The van der Waals surface area contributed by atoms with Gasteiger partial charge < -0.3 is 5.73 Å². The Bertz CT molecular complexity index is 211. The fourth-order valence-electron chi connectivity index (χ4n) is 1.29. The third-order valence-corrected chi connectivity index (χ3v) is 2.32. The molecular formula is C7H11N3. The normalized spacial score (nSPS) is 20.9. The third-order valence-electron chi connectivity index (χ3n) is 2.32. The van der Waals surface area contributed by atoms with Gasteiger partial charge in [0, 0.05) is 23.9 Å². The van der Waals surface area contributed by atoms with Crippen molar-refractivity contribution in [2.24, 2.45) is 5.73 Å². The van der Waals surface area contributed by atoms with Crippen LogP contribution in [0.25, 0.3) is 0 Å². The van der Waals surface area contributed by atoms with Crippen molar-refractivity contribution in [3.05, 3.63) is 18.0 Å². The summed E-state index contributed by atoms with van der Waals surface area (Å²) in [5.41, 5.74) is 7.09. The molecule has 2 rings (SSSR count). The van der Waals surface area contributed by atoms with E-state index in [4.69, 9.17) is 5.73 Å². The molecule has 0 radical (unpaired) electrons. The Labute approximate surface area is 59.6 Å². The predicted octanol–water partition coefficient (Wildman–Crippen LogP) is 0.400. The van der Waals surface area contributed by atoms with Gasteiger partial charge in [0.2, 0.25) is 0 Å². The molecule has 1 aromatic heterocycles. The second-order valence-electron chi connectivity index (χ2n) is 2.95. The molecule has 0 amide bonds. The van der Waals surface area contributed by atoms with Crippen molar-refractivity contribution >= 4 is 0 Å². The Kier molecular flexibility index (Phi) is 1.08. The zero-order chi connectivity index (χ0) is 7.03. The molecule has 3 N–H and O–H groups in total. The van der Waals surface area contributed by atoms with Crippen LogP contribution in [0.1, 0.15) is 18.5 Å². The number of nitrogens with two attached hydrogens (primary N) is 1. The minimum atomic E-state index is 0.274. The maximum atomic E-state index is 5.61. The topological polar surface area (TPSA) is 54.7 Å². The van der Waals surface area contributed by atoms with E-state index in [1.165, 1.54) is 18.5 Å². The number of hydrogen-bond acceptors (Lipinski definition) is 2. The second-order valence-corrected chi connectivity index (χ2v) is 2.95. The molecule has 0 saturated heterocycles. The average molecular weight is 137 g/mol. The van der Waals surface area contributed by atoms with Crippen LogP contribution in [0.4, 0.5) is 0 Å². The van der Waals surface area contributed by atoms with Gasteiger partial charge in [0.1, 0.15) is 0 Å². The molecule has 0 aromatic carbocycles. The summed E-state index contributed by atoms with van der Waals surface area (Å²) in [4.78, 5) is 0. The van der Waals surface area contributed by atoms with Crippen LogP contribution >= 0.6 is 0 Å². The highest BCUT2D eigenvalue weighted by molar-refractivity contribution is 5.23. The van der Waals surface area contributed by atoms with E-state index in [-0.39, 0.29) is 5.41 Å². The largest absolute Gasteiger partial charge is 0.330 e. The minimum absolute atomic E-state index is 0.274. The second kappa shape index (κ2) is 1.83. The third kappa shape index (κ3) is 0.671. The SMILES string of the molecule is NCC1(c2ccn[nH]2)CC1. The molecule has 0 unspecified atom stereocenters. The van der Waals surface area contributed by atoms with Crippen molar-refractivity contribution in [3.8, 4) is 0 Å². The molecule has 0 atom stereocenters. The lowest BCUT2D eigenvalue weighted by molar-refractivity contribution is 0.674. The average Bonchev–Trinajstić information content (AvgIpc) is 2.58. The molecule has 3 heteroatoms. The molecule has 54 valence electrons. The number of H-pyrrole nitrogens is 1. The van der Waals surface area contributed by atoms with Crippen LogP contribution in [0.5, 0.6) is 0 Å². The first-order chi connectivity index (χ1) is 4.87. The number of hydrogen-bond donors (Lipinski definition) is 2. The summed E-state index contributed by atoms with van der Waals surface area (Å²) in [7, 11) is 0. The van der Waals surface area contributed by atoms with Crippen LogP contribution in [0.15, 0.2) is 12.3 Å². The Balaban J connectivity index is 2.27. The van der Waals surface area contributed by atoms with Gasteiger partial charge in [0.05, 0.1) is 0 Å². The smallest absolute Gasteiger partial charge is 0.0490 e. The van der Waals surface area contributed by atoms with Crippen LogP contribution < -0.4 is 5.73 Å². The van der Waals surface area contributed by atoms with Crippen LogP contribution in [-0.2, 0) is 5.41 Å². The Morgan fingerprint density at radius 1 is 1.70 bits per heavy atom. The van der Waals surface area contributed by atoms with Crippen molar-refractivity contribution in [2.45, 2.75) is 18.3 Å². The first kappa shape index (κ1) is 5.92. The van der Waals surface area contributed by atoms with Gasteiger partial charge in [-0.15, -0.1) is 0 Å². The number of nitrogens with one attached hydrogen (secondary N) is 1. The van der Waals surface area contributed by atoms with Gasteiger partial charge in [-0.1, -0.05) is 0 Å². The van der Waals surface area contributed by atoms with E-state index in [1.807, 2.05) is 6.07 Å². The van der Waals surface area contributed by atoms with E-state index in [2.05, 4.69) is 10.2 Å². The van der Waals surface area contributed by atoms with Crippen molar-refractivity contribution < 1.29 is 0 Å². The van der Waals surface area contributed by atoms with Crippen LogP contribution in [0.3, 0.4) is 0 Å². The van der Waals surface area contributed by atoms with Gasteiger partial charge in [0.25, 0.3) is 0 Å². The molecule has 1 fully saturated rings. The summed E-state index contributed by atoms with van der Waals surface area (Å²) in [5, 5.41) is 6.86. The maximum absolute atomic E-state index is 5.61. The lowest BCUT2D eigenvalue weighted by Crippen LogP contribution is -2.19. The van der Waals surface area contributed by atoms with Crippen molar-refractivity contribution in [1.29, 1.82) is 0 Å². The van der Waals surface area contributed by atoms with Crippen LogP contribution in [0, 0.1) is 0 Å². The van der Waals surface area contributed by atoms with Crippen molar-refractivity contribution in [3.63, 3.8) is 0 Å². The van der Waals surface area contributed by atoms with E-state index in [1.54, 1.807) is 6.20 Å². The molecule has 1 aliphatic carbocycles. The van der Waals surface area contributed by atoms with E-state index >= 15 is 0 Å². The zero-order valence-electron chi connectivity index (χ0n) is 5.80. The zero-order valence-corrected chi connectivity index (χ0v) is 5.80. The fourth-order valence-corrected chi connectivity index (χ4v) is 1.29. The van der Waals surface area contributed by atoms with Crippen molar-refractivity contribution in [1.82, 2.24) is 10.2 Å². The molecule has 0 aliphatic heterocycles. The highest BCUT2D eigenvalue weighted by Gasteiger charge is 2.43. The maximum Gasteiger partial charge on any atom is 0.0490 e. The Morgan fingerprint density at radius 3 is 2.90 bits per heavy atom. The molecule has 1 heterocycles. The van der Waals surface area contributed by atoms with Gasteiger partial charge in [-0.2, -0.15) is 5.10 Å². The van der Waals surface area contributed by atoms with E-state index in [0.29, 0.717) is 0 Å². The number of nitrogens with zero attached hydrogens (tertiary/aromatic N) is 1. The summed E-state index contributed by atoms with van der Waals surface area (Å²) in [6.07, 6.45) is 4.21. The summed E-state index contributed by atoms with van der Waals surface area (Å²) < 4.78 is 0. The van der Waals surface area contributed by atoms with Gasteiger partial charge in [-0.25, -0.2) is 0 Å². The van der Waals surface area contributed by atoms with Gasteiger partial charge in [-0.3, -0.25) is 5.10 Å². The molecule has 0 bridgehead atoms. The van der Waals surface area contributed by atoms with Crippen LogP contribution in [-0.4, -0.2) is 16.7 Å². The van der Waals surface area contributed by atoms with Gasteiger partial charge in [0.15, 0.2) is 0 Å². The molecular weight excluding hydrogens is 126 g/mol. The monoisotopic (exact) mass is 137 g/mol. The number of rotatable bonds is 2. The first-order valence-electron chi connectivity index (χ1n) is 3.57. The summed E-state index contributed by atoms with van der Waals surface area (Å²) >= 11 is 0. The summed E-state index contributed by atoms with van der Waals surface area (Å²) in [6, 6.07) is 2.01.